The van der Waals surface area contributed by atoms with Crippen molar-refractivity contribution in [1.82, 2.24) is 9.38 Å². The second-order valence-corrected chi connectivity index (χ2v) is 7.13. The molecule has 4 rings (SSSR count). The van der Waals surface area contributed by atoms with Crippen LogP contribution in [-0.4, -0.2) is 15.3 Å². The highest BCUT2D eigenvalue weighted by Gasteiger charge is 2.10. The summed E-state index contributed by atoms with van der Waals surface area (Å²) in [7, 11) is 0. The van der Waals surface area contributed by atoms with Crippen molar-refractivity contribution in [3.63, 3.8) is 0 Å². The van der Waals surface area contributed by atoms with Crippen LogP contribution in [0.5, 0.6) is 5.75 Å². The number of halogens is 1. The van der Waals surface area contributed by atoms with E-state index in [1.54, 1.807) is 54.7 Å². The van der Waals surface area contributed by atoms with Crippen LogP contribution in [0, 0.1) is 6.92 Å². The lowest BCUT2D eigenvalue weighted by Gasteiger charge is -2.10. The van der Waals surface area contributed by atoms with Crippen molar-refractivity contribution in [2.24, 2.45) is 0 Å². The Hall–Kier alpha value is -3.64. The van der Waals surface area contributed by atoms with Crippen LogP contribution in [-0.2, 0) is 6.61 Å². The smallest absolute Gasteiger partial charge is 0.258 e. The third-order valence-corrected chi connectivity index (χ3v) is 4.87. The summed E-state index contributed by atoms with van der Waals surface area (Å²) in [5.41, 5.74) is 2.83. The highest BCUT2D eigenvalue weighted by Crippen LogP contribution is 2.21. The molecule has 0 aliphatic carbocycles. The average molecular weight is 420 g/mol. The summed E-state index contributed by atoms with van der Waals surface area (Å²) in [5.74, 6) is 0.233. The van der Waals surface area contributed by atoms with Gasteiger partial charge >= 0.3 is 0 Å². The minimum absolute atomic E-state index is 0.127. The van der Waals surface area contributed by atoms with Crippen molar-refractivity contribution in [2.75, 3.05) is 5.32 Å². The van der Waals surface area contributed by atoms with E-state index in [1.807, 2.05) is 19.1 Å². The van der Waals surface area contributed by atoms with Crippen LogP contribution < -0.4 is 15.6 Å². The number of pyridine rings is 1. The topological polar surface area (TPSA) is 72.7 Å². The van der Waals surface area contributed by atoms with Gasteiger partial charge in [-0.2, -0.15) is 0 Å². The Morgan fingerprint density at radius 2 is 1.93 bits per heavy atom. The lowest BCUT2D eigenvalue weighted by Crippen LogP contribution is -2.17. The maximum atomic E-state index is 12.4. The number of aromatic nitrogens is 2. The Morgan fingerprint density at radius 3 is 2.77 bits per heavy atom. The molecule has 0 bridgehead atoms. The molecule has 2 aromatic carbocycles. The molecular weight excluding hydrogens is 402 g/mol. The molecule has 0 spiro atoms. The molecule has 0 atom stereocenters. The fraction of sp³-hybridized carbons (Fsp3) is 0.0870. The van der Waals surface area contributed by atoms with E-state index < -0.39 is 0 Å². The number of fused-ring (bicyclic) bond motifs is 1. The zero-order valence-electron chi connectivity index (χ0n) is 16.1. The maximum absolute atomic E-state index is 12.4. The molecule has 150 valence electrons. The summed E-state index contributed by atoms with van der Waals surface area (Å²) in [6.07, 6.45) is 1.69. The highest BCUT2D eigenvalue weighted by molar-refractivity contribution is 6.34. The molecule has 0 fully saturated rings. The van der Waals surface area contributed by atoms with Gasteiger partial charge in [-0.1, -0.05) is 35.9 Å². The first-order valence-electron chi connectivity index (χ1n) is 9.28. The summed E-state index contributed by atoms with van der Waals surface area (Å²) >= 11 is 6.08. The zero-order chi connectivity index (χ0) is 21.1. The Balaban J connectivity index is 1.49. The third kappa shape index (κ3) is 4.18. The lowest BCUT2D eigenvalue weighted by atomic mass is 10.2. The number of nitrogens with one attached hydrogen (secondary N) is 1. The van der Waals surface area contributed by atoms with Gasteiger partial charge in [0, 0.05) is 24.0 Å². The molecule has 0 saturated carbocycles. The molecule has 4 aromatic rings. The summed E-state index contributed by atoms with van der Waals surface area (Å²) in [6, 6.07) is 19.0. The van der Waals surface area contributed by atoms with Gasteiger partial charge in [0.1, 0.15) is 18.0 Å². The molecule has 2 aromatic heterocycles. The van der Waals surface area contributed by atoms with Crippen LogP contribution in [0.15, 0.2) is 77.7 Å². The summed E-state index contributed by atoms with van der Waals surface area (Å²) in [4.78, 5) is 29.3. The Bertz CT molecular complexity index is 1300. The number of amides is 1. The molecule has 0 saturated heterocycles. The monoisotopic (exact) mass is 419 g/mol. The molecule has 30 heavy (non-hydrogen) atoms. The van der Waals surface area contributed by atoms with Crippen LogP contribution in [0.3, 0.4) is 0 Å². The van der Waals surface area contributed by atoms with Gasteiger partial charge in [-0.3, -0.25) is 14.0 Å². The lowest BCUT2D eigenvalue weighted by molar-refractivity contribution is 0.102. The number of carbonyl (C=O) groups excluding carboxylic acids is 1. The summed E-state index contributed by atoms with van der Waals surface area (Å²) in [5, 5.41) is 3.19. The normalized spacial score (nSPS) is 10.7. The van der Waals surface area contributed by atoms with Gasteiger partial charge in [0.2, 0.25) is 0 Å². The molecule has 0 aliphatic rings. The number of benzene rings is 2. The van der Waals surface area contributed by atoms with Crippen molar-refractivity contribution in [2.45, 2.75) is 13.5 Å². The van der Waals surface area contributed by atoms with E-state index >= 15 is 0 Å². The van der Waals surface area contributed by atoms with Gasteiger partial charge < -0.3 is 10.1 Å². The molecule has 0 aliphatic heterocycles. The SMILES string of the molecule is Cc1cccn2c(=O)cc(COc3cccc(NC(=O)c4ccccc4Cl)c3)nc12. The largest absolute Gasteiger partial charge is 0.487 e. The number of rotatable bonds is 5. The molecule has 1 N–H and O–H groups in total. The second kappa shape index (κ2) is 8.39. The van der Waals surface area contributed by atoms with Crippen LogP contribution in [0.4, 0.5) is 5.69 Å². The predicted octanol–water partition coefficient (Wildman–Crippen LogP) is 4.49. The molecule has 0 unspecified atom stereocenters. The maximum Gasteiger partial charge on any atom is 0.258 e. The molecule has 1 amide bonds. The number of hydrogen-bond donors (Lipinski definition) is 1. The van der Waals surface area contributed by atoms with Crippen molar-refractivity contribution in [3.8, 4) is 5.75 Å². The van der Waals surface area contributed by atoms with E-state index in [0.29, 0.717) is 33.4 Å². The fourth-order valence-corrected chi connectivity index (χ4v) is 3.27. The van der Waals surface area contributed by atoms with Crippen LogP contribution in [0.25, 0.3) is 5.65 Å². The van der Waals surface area contributed by atoms with Gasteiger partial charge in [0.25, 0.3) is 11.5 Å². The van der Waals surface area contributed by atoms with Gasteiger partial charge in [-0.05, 0) is 42.8 Å². The summed E-state index contributed by atoms with van der Waals surface area (Å²) in [6.45, 7) is 2.03. The molecule has 6 nitrogen and oxygen atoms in total. The van der Waals surface area contributed by atoms with Crippen LogP contribution in [0.2, 0.25) is 5.02 Å². The first-order chi connectivity index (χ1) is 14.5. The van der Waals surface area contributed by atoms with E-state index in [9.17, 15) is 9.59 Å². The predicted molar refractivity (Wildman–Crippen MR) is 116 cm³/mol. The molecule has 7 heteroatoms. The van der Waals surface area contributed by atoms with Crippen LogP contribution >= 0.6 is 11.6 Å². The zero-order valence-corrected chi connectivity index (χ0v) is 16.9. The molecule has 0 radical (unpaired) electrons. The Labute approximate surface area is 177 Å². The van der Waals surface area contributed by atoms with Gasteiger partial charge in [-0.25, -0.2) is 4.98 Å². The third-order valence-electron chi connectivity index (χ3n) is 4.54. The van der Waals surface area contributed by atoms with Crippen molar-refractivity contribution >= 4 is 28.8 Å². The van der Waals surface area contributed by atoms with E-state index in [-0.39, 0.29) is 18.1 Å². The van der Waals surface area contributed by atoms with Gasteiger partial charge in [-0.15, -0.1) is 0 Å². The fourth-order valence-electron chi connectivity index (χ4n) is 3.05. The van der Waals surface area contributed by atoms with Crippen LogP contribution in [0.1, 0.15) is 21.6 Å². The highest BCUT2D eigenvalue weighted by atomic mass is 35.5. The minimum atomic E-state index is -0.308. The minimum Gasteiger partial charge on any atom is -0.487 e. The number of aryl methyl sites for hydroxylation is 1. The molecule has 2 heterocycles. The Kier molecular flexibility index (Phi) is 5.50. The molecular formula is C23H18ClN3O3. The van der Waals surface area contributed by atoms with Gasteiger partial charge in [0.15, 0.2) is 0 Å². The van der Waals surface area contributed by atoms with E-state index in [2.05, 4.69) is 10.3 Å². The van der Waals surface area contributed by atoms with Crippen molar-refractivity contribution in [3.05, 3.63) is 105 Å². The van der Waals surface area contributed by atoms with Crippen molar-refractivity contribution < 1.29 is 9.53 Å². The number of carbonyl (C=O) groups is 1. The quantitative estimate of drug-likeness (QED) is 0.517. The van der Waals surface area contributed by atoms with Gasteiger partial charge in [0.05, 0.1) is 16.3 Å². The first kappa shape index (κ1) is 19.7. The number of ether oxygens (including phenoxy) is 1. The second-order valence-electron chi connectivity index (χ2n) is 6.72. The summed E-state index contributed by atoms with van der Waals surface area (Å²) < 4.78 is 7.30. The van der Waals surface area contributed by atoms with E-state index in [0.717, 1.165) is 5.56 Å². The average Bonchev–Trinajstić information content (AvgIpc) is 2.73. The number of nitrogens with zero attached hydrogens (tertiary/aromatic N) is 2. The number of hydrogen-bond acceptors (Lipinski definition) is 4. The number of anilines is 1. The Morgan fingerprint density at radius 1 is 1.10 bits per heavy atom. The standard InChI is InChI=1S/C23H18ClN3O3/c1-15-6-5-11-27-21(28)13-17(25-22(15)27)14-30-18-8-4-7-16(12-18)26-23(29)19-9-2-3-10-20(19)24/h2-13H,14H2,1H3,(H,26,29). The van der Waals surface area contributed by atoms with E-state index in [4.69, 9.17) is 16.3 Å². The van der Waals surface area contributed by atoms with E-state index in [1.165, 1.54) is 10.5 Å². The first-order valence-corrected chi connectivity index (χ1v) is 9.66. The van der Waals surface area contributed by atoms with Crippen molar-refractivity contribution in [1.29, 1.82) is 0 Å².